The van der Waals surface area contributed by atoms with E-state index in [4.69, 9.17) is 12.2 Å². The Bertz CT molecular complexity index is 748. The number of amides is 1. The van der Waals surface area contributed by atoms with Crippen molar-refractivity contribution in [1.29, 1.82) is 0 Å². The first-order chi connectivity index (χ1) is 12.1. The van der Waals surface area contributed by atoms with Crippen molar-refractivity contribution in [1.82, 2.24) is 15.1 Å². The largest absolute Gasteiger partial charge is 0.352 e. The van der Waals surface area contributed by atoms with Gasteiger partial charge in [0.05, 0.1) is 10.9 Å². The molecule has 3 rings (SSSR count). The molecule has 134 valence electrons. The molecule has 1 aliphatic carbocycles. The average Bonchev–Trinajstić information content (AvgIpc) is 2.81. The van der Waals surface area contributed by atoms with E-state index in [1.54, 1.807) is 4.68 Å². The van der Waals surface area contributed by atoms with Crippen molar-refractivity contribution in [3.63, 3.8) is 0 Å². The zero-order chi connectivity index (χ0) is 17.6. The van der Waals surface area contributed by atoms with Gasteiger partial charge < -0.3 is 5.32 Å². The van der Waals surface area contributed by atoms with Gasteiger partial charge in [0.15, 0.2) is 8.29 Å². The Labute approximate surface area is 162 Å². The zero-order valence-corrected chi connectivity index (χ0v) is 16.8. The first kappa shape index (κ1) is 18.6. The van der Waals surface area contributed by atoms with E-state index in [0.717, 1.165) is 22.9 Å². The molecule has 2 aromatic rings. The number of aromatic nitrogens is 2. The van der Waals surface area contributed by atoms with Crippen LogP contribution in [0, 0.1) is 3.95 Å². The fourth-order valence-corrected chi connectivity index (χ4v) is 5.50. The standard InChI is InChI=1S/C18H23N3OS3/c1-13(16(22)19-14-9-5-2-3-6-10-14)24-17-20-21(18(23)25-17)15-11-7-4-8-12-15/h4,7-8,11-14H,2-3,5-6,9-10H2,1H3,(H,19,22)/t13-/m1/s1. The second-order valence-electron chi connectivity index (χ2n) is 6.34. The van der Waals surface area contributed by atoms with Gasteiger partial charge in [-0.15, -0.1) is 5.10 Å². The Kier molecular flexibility index (Phi) is 6.67. The fourth-order valence-electron chi connectivity index (χ4n) is 2.99. The van der Waals surface area contributed by atoms with Gasteiger partial charge in [-0.3, -0.25) is 4.79 Å². The molecule has 1 heterocycles. The molecule has 0 spiro atoms. The third-order valence-corrected chi connectivity index (χ3v) is 6.79. The number of rotatable bonds is 5. The lowest BCUT2D eigenvalue weighted by molar-refractivity contribution is -0.121. The summed E-state index contributed by atoms with van der Waals surface area (Å²) in [4.78, 5) is 12.5. The Balaban J connectivity index is 1.62. The Hall–Kier alpha value is -1.18. The molecule has 0 unspecified atom stereocenters. The van der Waals surface area contributed by atoms with Crippen LogP contribution in [0.5, 0.6) is 0 Å². The molecule has 1 atom stereocenters. The summed E-state index contributed by atoms with van der Waals surface area (Å²) in [7, 11) is 0. The minimum absolute atomic E-state index is 0.101. The number of carbonyl (C=O) groups is 1. The number of hydrogen-bond donors (Lipinski definition) is 1. The topological polar surface area (TPSA) is 46.9 Å². The van der Waals surface area contributed by atoms with E-state index in [1.807, 2.05) is 37.3 Å². The molecule has 1 aromatic carbocycles. The van der Waals surface area contributed by atoms with Crippen LogP contribution in [-0.4, -0.2) is 27.0 Å². The van der Waals surface area contributed by atoms with Gasteiger partial charge in [0.1, 0.15) is 0 Å². The molecule has 0 aliphatic heterocycles. The van der Waals surface area contributed by atoms with Crippen LogP contribution in [0.2, 0.25) is 0 Å². The van der Waals surface area contributed by atoms with Crippen molar-refractivity contribution in [2.75, 3.05) is 0 Å². The zero-order valence-electron chi connectivity index (χ0n) is 14.3. The van der Waals surface area contributed by atoms with Crippen molar-refractivity contribution in [3.05, 3.63) is 34.3 Å². The first-order valence-electron chi connectivity index (χ1n) is 8.76. The van der Waals surface area contributed by atoms with Gasteiger partial charge in [0.25, 0.3) is 0 Å². The van der Waals surface area contributed by atoms with Gasteiger partial charge in [0, 0.05) is 6.04 Å². The summed E-state index contributed by atoms with van der Waals surface area (Å²) < 4.78 is 3.29. The van der Waals surface area contributed by atoms with Gasteiger partial charge in [-0.2, -0.15) is 0 Å². The predicted molar refractivity (Wildman–Crippen MR) is 107 cm³/mol. The molecule has 1 N–H and O–H groups in total. The van der Waals surface area contributed by atoms with E-state index < -0.39 is 0 Å². The molecule has 1 aliphatic rings. The lowest BCUT2D eigenvalue weighted by Gasteiger charge is -2.18. The molecule has 0 bridgehead atoms. The van der Waals surface area contributed by atoms with Crippen LogP contribution >= 0.6 is 35.3 Å². The van der Waals surface area contributed by atoms with E-state index in [1.165, 1.54) is 48.8 Å². The lowest BCUT2D eigenvalue weighted by atomic mass is 10.1. The van der Waals surface area contributed by atoms with Crippen molar-refractivity contribution < 1.29 is 4.79 Å². The maximum absolute atomic E-state index is 12.5. The van der Waals surface area contributed by atoms with Crippen LogP contribution in [0.3, 0.4) is 0 Å². The molecule has 1 amide bonds. The van der Waals surface area contributed by atoms with Gasteiger partial charge >= 0.3 is 0 Å². The van der Waals surface area contributed by atoms with Crippen LogP contribution in [0.1, 0.15) is 45.4 Å². The number of nitrogens with zero attached hydrogens (tertiary/aromatic N) is 2. The third kappa shape index (κ3) is 5.15. The third-order valence-electron chi connectivity index (χ3n) is 4.38. The predicted octanol–water partition coefficient (Wildman–Crippen LogP) is 4.98. The second-order valence-corrected chi connectivity index (χ2v) is 9.55. The van der Waals surface area contributed by atoms with Crippen LogP contribution in [0.25, 0.3) is 5.69 Å². The van der Waals surface area contributed by atoms with Gasteiger partial charge in [-0.1, -0.05) is 67.0 Å². The Morgan fingerprint density at radius 2 is 1.96 bits per heavy atom. The lowest BCUT2D eigenvalue weighted by Crippen LogP contribution is -2.39. The number of thioether (sulfide) groups is 1. The minimum atomic E-state index is -0.173. The normalized spacial score (nSPS) is 17.0. The highest BCUT2D eigenvalue weighted by Crippen LogP contribution is 2.28. The molecule has 1 aromatic heterocycles. The van der Waals surface area contributed by atoms with E-state index in [-0.39, 0.29) is 11.2 Å². The van der Waals surface area contributed by atoms with Crippen molar-refractivity contribution in [3.8, 4) is 5.69 Å². The molecule has 1 saturated carbocycles. The van der Waals surface area contributed by atoms with E-state index in [2.05, 4.69) is 10.4 Å². The highest BCUT2D eigenvalue weighted by Gasteiger charge is 2.21. The number of para-hydroxylation sites is 1. The number of hydrogen-bond acceptors (Lipinski definition) is 5. The average molecular weight is 394 g/mol. The van der Waals surface area contributed by atoms with Gasteiger partial charge in [0.2, 0.25) is 5.91 Å². The Morgan fingerprint density at radius 1 is 1.28 bits per heavy atom. The highest BCUT2D eigenvalue weighted by atomic mass is 32.2. The highest BCUT2D eigenvalue weighted by molar-refractivity contribution is 8.02. The molecular formula is C18H23N3OS3. The molecule has 25 heavy (non-hydrogen) atoms. The van der Waals surface area contributed by atoms with Crippen LogP contribution in [-0.2, 0) is 4.79 Å². The summed E-state index contributed by atoms with van der Waals surface area (Å²) >= 11 is 8.36. The second kappa shape index (κ2) is 8.96. The summed E-state index contributed by atoms with van der Waals surface area (Å²) in [5.41, 5.74) is 0.950. The summed E-state index contributed by atoms with van der Waals surface area (Å²) in [5, 5.41) is 7.62. The van der Waals surface area contributed by atoms with E-state index in [0.29, 0.717) is 10.00 Å². The molecule has 0 radical (unpaired) electrons. The molecular weight excluding hydrogens is 370 g/mol. The smallest absolute Gasteiger partial charge is 0.233 e. The first-order valence-corrected chi connectivity index (χ1v) is 10.9. The van der Waals surface area contributed by atoms with Crippen molar-refractivity contribution in [2.45, 2.75) is 61.1 Å². The maximum atomic E-state index is 12.5. The molecule has 0 saturated heterocycles. The number of benzene rings is 1. The fraction of sp³-hybridized carbons (Fsp3) is 0.500. The summed E-state index contributed by atoms with van der Waals surface area (Å²) in [6.45, 7) is 1.94. The van der Waals surface area contributed by atoms with Crippen LogP contribution in [0.4, 0.5) is 0 Å². The quantitative estimate of drug-likeness (QED) is 0.442. The van der Waals surface area contributed by atoms with Crippen molar-refractivity contribution in [2.24, 2.45) is 0 Å². The summed E-state index contributed by atoms with van der Waals surface area (Å²) in [5.74, 6) is 0.101. The Morgan fingerprint density at radius 3 is 2.64 bits per heavy atom. The minimum Gasteiger partial charge on any atom is -0.352 e. The molecule has 4 nitrogen and oxygen atoms in total. The summed E-state index contributed by atoms with van der Waals surface area (Å²) in [6.07, 6.45) is 7.22. The molecule has 7 heteroatoms. The van der Waals surface area contributed by atoms with Gasteiger partial charge in [-0.25, -0.2) is 4.68 Å². The van der Waals surface area contributed by atoms with Gasteiger partial charge in [-0.05, 0) is 44.1 Å². The monoisotopic (exact) mass is 393 g/mol. The summed E-state index contributed by atoms with van der Waals surface area (Å²) in [6, 6.07) is 10.2. The maximum Gasteiger partial charge on any atom is 0.233 e. The van der Waals surface area contributed by atoms with Crippen LogP contribution < -0.4 is 5.32 Å². The van der Waals surface area contributed by atoms with Crippen molar-refractivity contribution >= 4 is 41.2 Å². The number of nitrogens with one attached hydrogen (secondary N) is 1. The number of carbonyl (C=O) groups excluding carboxylic acids is 1. The SMILES string of the molecule is C[C@@H](Sc1nn(-c2ccccc2)c(=S)s1)C(=O)NC1CCCCCC1. The van der Waals surface area contributed by atoms with E-state index >= 15 is 0 Å². The molecule has 1 fully saturated rings. The van der Waals surface area contributed by atoms with Crippen LogP contribution in [0.15, 0.2) is 34.7 Å². The van der Waals surface area contributed by atoms with E-state index in [9.17, 15) is 4.79 Å².